The zero-order chi connectivity index (χ0) is 22.5. The van der Waals surface area contributed by atoms with Crippen LogP contribution in [0.3, 0.4) is 0 Å². The lowest BCUT2D eigenvalue weighted by Gasteiger charge is -2.33. The Labute approximate surface area is 181 Å². The first-order chi connectivity index (χ1) is 14.6. The van der Waals surface area contributed by atoms with E-state index in [1.54, 1.807) is 24.3 Å². The summed E-state index contributed by atoms with van der Waals surface area (Å²) in [5.74, 6) is -3.36. The molecule has 0 saturated carbocycles. The van der Waals surface area contributed by atoms with Gasteiger partial charge in [-0.25, -0.2) is 26.7 Å². The Balaban J connectivity index is 1.57. The summed E-state index contributed by atoms with van der Waals surface area (Å²) < 4.78 is 60.2. The zero-order valence-corrected chi connectivity index (χ0v) is 18.2. The number of rotatable bonds is 9. The second-order valence-corrected chi connectivity index (χ2v) is 9.80. The van der Waals surface area contributed by atoms with Crippen LogP contribution in [-0.2, 0) is 21.3 Å². The Morgan fingerprint density at radius 1 is 1.13 bits per heavy atom. The van der Waals surface area contributed by atoms with E-state index in [4.69, 9.17) is 0 Å². The molecule has 31 heavy (non-hydrogen) atoms. The quantitative estimate of drug-likeness (QED) is 0.467. The van der Waals surface area contributed by atoms with Gasteiger partial charge in [-0.15, -0.1) is 0 Å². The van der Waals surface area contributed by atoms with Crippen LogP contribution in [0.15, 0.2) is 54.6 Å². The fourth-order valence-electron chi connectivity index (χ4n) is 3.96. The first-order valence-corrected chi connectivity index (χ1v) is 11.7. The van der Waals surface area contributed by atoms with Crippen LogP contribution in [0.25, 0.3) is 0 Å². The molecule has 0 aromatic heterocycles. The number of likely N-dealkylation sites (tertiary alicyclic amines) is 1. The Bertz CT molecular complexity index is 998. The van der Waals surface area contributed by atoms with Gasteiger partial charge in [0, 0.05) is 13.0 Å². The summed E-state index contributed by atoms with van der Waals surface area (Å²) in [7, 11) is -2.29. The van der Waals surface area contributed by atoms with Crippen LogP contribution in [-0.4, -0.2) is 52.8 Å². The van der Waals surface area contributed by atoms with Gasteiger partial charge in [-0.3, -0.25) is 4.48 Å². The van der Waals surface area contributed by atoms with Crippen LogP contribution < -0.4 is 9.21 Å². The van der Waals surface area contributed by atoms with Gasteiger partial charge in [0.15, 0.2) is 0 Å². The summed E-state index contributed by atoms with van der Waals surface area (Å²) in [4.78, 5) is 11.5. The summed E-state index contributed by atoms with van der Waals surface area (Å²) in [6.07, 6.45) is 0.0655. The number of alkyl halides is 2. The molecule has 1 atom stereocenters. The number of nitrogens with one attached hydrogen (secondary N) is 1. The van der Waals surface area contributed by atoms with Crippen molar-refractivity contribution < 1.29 is 26.7 Å². The number of carbonyl (C=O) groups is 1. The van der Waals surface area contributed by atoms with Gasteiger partial charge in [0.05, 0.1) is 37.9 Å². The van der Waals surface area contributed by atoms with Gasteiger partial charge in [0.2, 0.25) is 10.0 Å². The lowest BCUT2D eigenvalue weighted by Crippen LogP contribution is -2.50. The number of esters is 1. The van der Waals surface area contributed by atoms with Crippen molar-refractivity contribution in [2.24, 2.45) is 0 Å². The molecule has 1 fully saturated rings. The molecule has 0 aliphatic carbocycles. The van der Waals surface area contributed by atoms with Gasteiger partial charge in [-0.2, -0.15) is 0 Å². The number of para-hydroxylation sites is 1. The van der Waals surface area contributed by atoms with Crippen molar-refractivity contribution in [3.63, 3.8) is 0 Å². The predicted molar refractivity (Wildman–Crippen MR) is 115 cm³/mol. The molecule has 1 aliphatic heterocycles. The Hall–Kier alpha value is -2.36. The fourth-order valence-corrected chi connectivity index (χ4v) is 5.00. The van der Waals surface area contributed by atoms with Crippen molar-refractivity contribution in [3.8, 4) is 0 Å². The molecule has 1 saturated heterocycles. The molecule has 9 heteroatoms. The SMILES string of the molecule is COC(=O)c1ccc(CNS(=O)(=O)CCC[N+]2(c3ccccc3)CCC(F)(F)C2)cc1. The summed E-state index contributed by atoms with van der Waals surface area (Å²) in [5.41, 5.74) is 1.87. The molecule has 6 nitrogen and oxygen atoms in total. The van der Waals surface area contributed by atoms with Gasteiger partial charge >= 0.3 is 11.9 Å². The third-order valence-electron chi connectivity index (χ3n) is 5.61. The van der Waals surface area contributed by atoms with E-state index in [2.05, 4.69) is 9.46 Å². The average Bonchev–Trinajstić information content (AvgIpc) is 3.08. The van der Waals surface area contributed by atoms with Crippen molar-refractivity contribution in [2.75, 3.05) is 32.5 Å². The molecule has 3 rings (SSSR count). The number of ether oxygens (including phenoxy) is 1. The molecule has 1 unspecified atom stereocenters. The Morgan fingerprint density at radius 2 is 1.81 bits per heavy atom. The highest BCUT2D eigenvalue weighted by Crippen LogP contribution is 2.37. The third-order valence-corrected chi connectivity index (χ3v) is 7.02. The molecule has 0 amide bonds. The van der Waals surface area contributed by atoms with E-state index in [1.807, 2.05) is 30.3 Å². The largest absolute Gasteiger partial charge is 0.465 e. The van der Waals surface area contributed by atoms with Gasteiger partial charge in [0.1, 0.15) is 12.2 Å². The molecule has 168 valence electrons. The summed E-state index contributed by atoms with van der Waals surface area (Å²) >= 11 is 0. The van der Waals surface area contributed by atoms with E-state index in [9.17, 15) is 22.0 Å². The Kier molecular flexibility index (Phi) is 7.08. The third kappa shape index (κ3) is 6.09. The maximum Gasteiger partial charge on any atom is 0.337 e. The van der Waals surface area contributed by atoms with Crippen LogP contribution in [0.1, 0.15) is 28.8 Å². The highest BCUT2D eigenvalue weighted by atomic mass is 32.2. The molecular weight excluding hydrogens is 426 g/mol. The number of halogens is 2. The van der Waals surface area contributed by atoms with E-state index in [0.717, 1.165) is 5.69 Å². The molecule has 1 N–H and O–H groups in total. The maximum absolute atomic E-state index is 14.0. The van der Waals surface area contributed by atoms with E-state index in [0.29, 0.717) is 17.7 Å². The lowest BCUT2D eigenvalue weighted by atomic mass is 10.1. The molecule has 1 heterocycles. The molecule has 2 aromatic rings. The van der Waals surface area contributed by atoms with Crippen molar-refractivity contribution in [1.82, 2.24) is 9.21 Å². The van der Waals surface area contributed by atoms with Gasteiger partial charge < -0.3 is 4.74 Å². The molecular formula is C22H27F2N2O4S+. The normalized spacial score (nSPS) is 20.5. The van der Waals surface area contributed by atoms with Crippen LogP contribution >= 0.6 is 0 Å². The van der Waals surface area contributed by atoms with Gasteiger partial charge in [-0.1, -0.05) is 30.3 Å². The number of hydrogen-bond donors (Lipinski definition) is 1. The standard InChI is InChI=1S/C22H27F2N2O4S/c1-30-21(27)19-10-8-18(9-11-19)16-25-31(28,29)15-5-13-26(14-12-22(23,24)17-26)20-6-3-2-4-7-20/h2-4,6-11,25H,5,12-17H2,1H3/q+1. The van der Waals surface area contributed by atoms with Crippen LogP contribution in [0.5, 0.6) is 0 Å². The highest BCUT2D eigenvalue weighted by Gasteiger charge is 2.50. The van der Waals surface area contributed by atoms with Crippen molar-refractivity contribution >= 4 is 21.7 Å². The number of nitrogens with zero attached hydrogens (tertiary/aromatic N) is 1. The summed E-state index contributed by atoms with van der Waals surface area (Å²) in [6.45, 7) is 0.392. The highest BCUT2D eigenvalue weighted by molar-refractivity contribution is 7.89. The second-order valence-electron chi connectivity index (χ2n) is 7.87. The Morgan fingerprint density at radius 3 is 2.39 bits per heavy atom. The monoisotopic (exact) mass is 453 g/mol. The number of quaternary nitrogens is 1. The summed E-state index contributed by atoms with van der Waals surface area (Å²) in [5, 5.41) is 0. The number of hydrogen-bond acceptors (Lipinski definition) is 4. The minimum atomic E-state index is -3.58. The molecule has 2 aromatic carbocycles. The maximum atomic E-state index is 14.0. The van der Waals surface area contributed by atoms with Crippen molar-refractivity contribution in [3.05, 3.63) is 65.7 Å². The fraction of sp³-hybridized carbons (Fsp3) is 0.409. The molecule has 0 bridgehead atoms. The number of sulfonamides is 1. The number of benzene rings is 2. The van der Waals surface area contributed by atoms with E-state index in [-0.39, 0.29) is 42.7 Å². The van der Waals surface area contributed by atoms with Crippen LogP contribution in [0, 0.1) is 0 Å². The second kappa shape index (κ2) is 9.42. The minimum Gasteiger partial charge on any atom is -0.465 e. The number of carbonyl (C=O) groups excluding carboxylic acids is 1. The van der Waals surface area contributed by atoms with Crippen LogP contribution in [0.2, 0.25) is 0 Å². The van der Waals surface area contributed by atoms with E-state index < -0.39 is 21.9 Å². The molecule has 1 aliphatic rings. The molecule has 0 spiro atoms. The van der Waals surface area contributed by atoms with E-state index in [1.165, 1.54) is 7.11 Å². The summed E-state index contributed by atoms with van der Waals surface area (Å²) in [6, 6.07) is 15.5. The number of methoxy groups -OCH3 is 1. The first kappa shape index (κ1) is 23.3. The van der Waals surface area contributed by atoms with Gasteiger partial charge in [0.25, 0.3) is 0 Å². The minimum absolute atomic E-state index is 0.0839. The van der Waals surface area contributed by atoms with E-state index >= 15 is 0 Å². The van der Waals surface area contributed by atoms with Gasteiger partial charge in [-0.05, 0) is 29.8 Å². The predicted octanol–water partition coefficient (Wildman–Crippen LogP) is 3.33. The molecule has 0 radical (unpaired) electrons. The average molecular weight is 454 g/mol. The van der Waals surface area contributed by atoms with Crippen LogP contribution in [0.4, 0.5) is 14.5 Å². The first-order valence-electron chi connectivity index (χ1n) is 10.1. The topological polar surface area (TPSA) is 72.5 Å². The zero-order valence-electron chi connectivity index (χ0n) is 17.4. The van der Waals surface area contributed by atoms with Crippen molar-refractivity contribution in [1.29, 1.82) is 0 Å². The smallest absolute Gasteiger partial charge is 0.337 e. The van der Waals surface area contributed by atoms with Crippen molar-refractivity contribution in [2.45, 2.75) is 25.3 Å². The lowest BCUT2D eigenvalue weighted by molar-refractivity contribution is 0.0129.